The summed E-state index contributed by atoms with van der Waals surface area (Å²) in [5, 5.41) is 38.5. The maximum Gasteiger partial charge on any atom is 0.335 e. The number of hydrogen-bond donors (Lipinski definition) is 4. The first-order valence-electron chi connectivity index (χ1n) is 7.07. The highest BCUT2D eigenvalue weighted by Crippen LogP contribution is 2.31. The number of carboxylic acid groups (broad SMARTS) is 1. The molecule has 0 aromatic heterocycles. The maximum atomic E-state index is 11.8. The second-order valence-corrected chi connectivity index (χ2v) is 5.53. The van der Waals surface area contributed by atoms with Crippen LogP contribution in [0.25, 0.3) is 6.08 Å². The van der Waals surface area contributed by atoms with Gasteiger partial charge in [0.2, 0.25) is 0 Å². The first kappa shape index (κ1) is 17.1. The molecule has 0 unspecified atom stereocenters. The van der Waals surface area contributed by atoms with Crippen LogP contribution >= 0.6 is 0 Å². The summed E-state index contributed by atoms with van der Waals surface area (Å²) in [5.41, 5.74) is -1.46. The van der Waals surface area contributed by atoms with Crippen molar-refractivity contribution in [2.24, 2.45) is 0 Å². The Balaban J connectivity index is 1.99. The smallest absolute Gasteiger partial charge is 0.335 e. The van der Waals surface area contributed by atoms with Gasteiger partial charge >= 0.3 is 11.9 Å². The van der Waals surface area contributed by atoms with Gasteiger partial charge < -0.3 is 25.2 Å². The van der Waals surface area contributed by atoms with E-state index in [9.17, 15) is 24.9 Å². The Morgan fingerprint density at radius 2 is 1.70 bits per heavy atom. The van der Waals surface area contributed by atoms with Gasteiger partial charge in [0.15, 0.2) is 11.7 Å². The van der Waals surface area contributed by atoms with Crippen molar-refractivity contribution < 1.29 is 34.8 Å². The van der Waals surface area contributed by atoms with E-state index in [0.717, 1.165) is 11.6 Å². The Kier molecular flexibility index (Phi) is 5.15. The van der Waals surface area contributed by atoms with Gasteiger partial charge in [-0.3, -0.25) is 0 Å². The average molecular weight is 322 g/mol. The zero-order valence-electron chi connectivity index (χ0n) is 12.2. The molecule has 23 heavy (non-hydrogen) atoms. The molecular weight excluding hydrogens is 304 g/mol. The molecule has 1 aliphatic carbocycles. The van der Waals surface area contributed by atoms with Gasteiger partial charge in [-0.15, -0.1) is 0 Å². The van der Waals surface area contributed by atoms with Gasteiger partial charge in [-0.25, -0.2) is 9.59 Å². The van der Waals surface area contributed by atoms with E-state index in [0.29, 0.717) is 0 Å². The van der Waals surface area contributed by atoms with Crippen LogP contribution < -0.4 is 0 Å². The fourth-order valence-corrected chi connectivity index (χ4v) is 2.50. The normalized spacial score (nSPS) is 31.0. The number of rotatable bonds is 4. The van der Waals surface area contributed by atoms with Crippen LogP contribution in [0.5, 0.6) is 0 Å². The summed E-state index contributed by atoms with van der Waals surface area (Å²) in [5.74, 6) is -2.32. The monoisotopic (exact) mass is 322 g/mol. The zero-order valence-corrected chi connectivity index (χ0v) is 12.2. The van der Waals surface area contributed by atoms with Crippen LogP contribution in [0, 0.1) is 0 Å². The molecule has 1 aromatic rings. The van der Waals surface area contributed by atoms with Gasteiger partial charge in [-0.1, -0.05) is 30.3 Å². The Hall–Kier alpha value is -2.22. The highest BCUT2D eigenvalue weighted by molar-refractivity contribution is 5.87. The second kappa shape index (κ2) is 6.91. The van der Waals surface area contributed by atoms with Crippen LogP contribution in [0.4, 0.5) is 0 Å². The van der Waals surface area contributed by atoms with Crippen molar-refractivity contribution in [2.45, 2.75) is 36.8 Å². The summed E-state index contributed by atoms with van der Waals surface area (Å²) in [7, 11) is 0. The lowest BCUT2D eigenvalue weighted by Crippen LogP contribution is -2.57. The number of benzene rings is 1. The van der Waals surface area contributed by atoms with Gasteiger partial charge in [0.1, 0.15) is 0 Å². The largest absolute Gasteiger partial charge is 0.479 e. The molecule has 4 N–H and O–H groups in total. The highest BCUT2D eigenvalue weighted by atomic mass is 16.6. The van der Waals surface area contributed by atoms with Crippen LogP contribution in [0.3, 0.4) is 0 Å². The van der Waals surface area contributed by atoms with E-state index in [1.54, 1.807) is 24.3 Å². The number of carbonyl (C=O) groups excluding carboxylic acids is 1. The molecular formula is C16H18O7. The molecule has 1 fully saturated rings. The fourth-order valence-electron chi connectivity index (χ4n) is 2.50. The maximum absolute atomic E-state index is 11.8. The second-order valence-electron chi connectivity index (χ2n) is 5.53. The van der Waals surface area contributed by atoms with E-state index >= 15 is 0 Å². The summed E-state index contributed by atoms with van der Waals surface area (Å²) >= 11 is 0. The third kappa shape index (κ3) is 4.16. The minimum absolute atomic E-state index is 0.528. The molecule has 2 atom stereocenters. The lowest BCUT2D eigenvalue weighted by atomic mass is 9.79. The quantitative estimate of drug-likeness (QED) is 0.452. The first-order chi connectivity index (χ1) is 10.8. The van der Waals surface area contributed by atoms with Gasteiger partial charge in [0.05, 0.1) is 12.2 Å². The minimum atomic E-state index is -2.23. The number of ether oxygens (including phenoxy) is 1. The summed E-state index contributed by atoms with van der Waals surface area (Å²) in [6.07, 6.45) is -2.64. The van der Waals surface area contributed by atoms with Crippen molar-refractivity contribution in [3.8, 4) is 0 Å². The van der Waals surface area contributed by atoms with E-state index in [1.807, 2.05) is 6.07 Å². The van der Waals surface area contributed by atoms with Crippen molar-refractivity contribution in [3.05, 3.63) is 42.0 Å². The summed E-state index contributed by atoms with van der Waals surface area (Å²) < 4.78 is 4.98. The molecule has 2 rings (SSSR count). The van der Waals surface area contributed by atoms with E-state index in [-0.39, 0.29) is 0 Å². The van der Waals surface area contributed by atoms with Crippen molar-refractivity contribution in [1.29, 1.82) is 0 Å². The van der Waals surface area contributed by atoms with Crippen LogP contribution in [-0.2, 0) is 14.3 Å². The molecule has 0 saturated heterocycles. The van der Waals surface area contributed by atoms with Crippen molar-refractivity contribution in [1.82, 2.24) is 0 Å². The topological polar surface area (TPSA) is 124 Å². The van der Waals surface area contributed by atoms with Crippen molar-refractivity contribution in [2.75, 3.05) is 0 Å². The van der Waals surface area contributed by atoms with E-state index in [2.05, 4.69) is 0 Å². The fraction of sp³-hybridized carbons (Fsp3) is 0.375. The standard InChI is InChI=1S/C16H18O7/c17-11-8-16(22,15(20)21)9-12(18)14(11)23-13(19)7-6-10-4-2-1-3-5-10/h1-7,11-12,14,17-18,22H,8-9H2,(H,20,21)/b7-6+/t11-,12-,14?,16?/m1/s1. The number of esters is 1. The van der Waals surface area contributed by atoms with Crippen LogP contribution in [0.1, 0.15) is 18.4 Å². The van der Waals surface area contributed by atoms with E-state index < -0.39 is 48.7 Å². The number of aliphatic carboxylic acids is 1. The van der Waals surface area contributed by atoms with Crippen LogP contribution in [-0.4, -0.2) is 56.3 Å². The van der Waals surface area contributed by atoms with Gasteiger partial charge in [-0.05, 0) is 11.6 Å². The molecule has 0 amide bonds. The van der Waals surface area contributed by atoms with Crippen molar-refractivity contribution in [3.63, 3.8) is 0 Å². The Labute approximate surface area is 132 Å². The molecule has 0 radical (unpaired) electrons. The predicted octanol–water partition coefficient (Wildman–Crippen LogP) is -0.0571. The summed E-state index contributed by atoms with van der Waals surface area (Å²) in [4.78, 5) is 22.7. The molecule has 1 aliphatic rings. The van der Waals surface area contributed by atoms with Crippen molar-refractivity contribution >= 4 is 18.0 Å². The zero-order chi connectivity index (χ0) is 17.0. The third-order valence-electron chi connectivity index (χ3n) is 3.71. The van der Waals surface area contributed by atoms with Gasteiger partial charge in [-0.2, -0.15) is 0 Å². The SMILES string of the molecule is O=C(/C=C/c1ccccc1)OC1[C@H](O)CC(O)(C(=O)O)C[C@H]1O. The summed E-state index contributed by atoms with van der Waals surface area (Å²) in [6, 6.07) is 8.98. The van der Waals surface area contributed by atoms with E-state index in [1.165, 1.54) is 6.08 Å². The third-order valence-corrected chi connectivity index (χ3v) is 3.71. The number of aliphatic hydroxyl groups excluding tert-OH is 2. The molecule has 1 aromatic carbocycles. The molecule has 0 aliphatic heterocycles. The lowest BCUT2D eigenvalue weighted by Gasteiger charge is -2.39. The van der Waals surface area contributed by atoms with E-state index in [4.69, 9.17) is 9.84 Å². The number of hydrogen-bond acceptors (Lipinski definition) is 6. The molecule has 0 heterocycles. The van der Waals surface area contributed by atoms with Crippen LogP contribution in [0.15, 0.2) is 36.4 Å². The number of aliphatic hydroxyl groups is 3. The molecule has 0 bridgehead atoms. The minimum Gasteiger partial charge on any atom is -0.479 e. The lowest BCUT2D eigenvalue weighted by molar-refractivity contribution is -0.196. The number of carbonyl (C=O) groups is 2. The molecule has 7 heteroatoms. The highest BCUT2D eigenvalue weighted by Gasteiger charge is 2.50. The molecule has 124 valence electrons. The Morgan fingerprint density at radius 3 is 2.22 bits per heavy atom. The Morgan fingerprint density at radius 1 is 1.13 bits per heavy atom. The molecule has 0 spiro atoms. The number of carboxylic acids is 1. The Bertz CT molecular complexity index is 584. The van der Waals surface area contributed by atoms with Gasteiger partial charge in [0.25, 0.3) is 0 Å². The average Bonchev–Trinajstić information content (AvgIpc) is 2.50. The van der Waals surface area contributed by atoms with Gasteiger partial charge in [0, 0.05) is 18.9 Å². The molecule has 1 saturated carbocycles. The predicted molar refractivity (Wildman–Crippen MR) is 79.2 cm³/mol. The summed E-state index contributed by atoms with van der Waals surface area (Å²) in [6.45, 7) is 0. The van der Waals surface area contributed by atoms with Crippen LogP contribution in [0.2, 0.25) is 0 Å². The molecule has 7 nitrogen and oxygen atoms in total. The first-order valence-corrected chi connectivity index (χ1v) is 7.07.